The largest absolute Gasteiger partial charge is 0.486 e. The summed E-state index contributed by atoms with van der Waals surface area (Å²) in [5.41, 5.74) is 0.470. The number of aliphatic hydroxyl groups excluding tert-OH is 1. The average Bonchev–Trinajstić information content (AvgIpc) is 3.14. The zero-order valence-electron chi connectivity index (χ0n) is 13.0. The summed E-state index contributed by atoms with van der Waals surface area (Å²) < 4.78 is 7.36. The molecule has 0 aliphatic carbocycles. The number of rotatable bonds is 4. The molecule has 8 nitrogen and oxygen atoms in total. The Bertz CT molecular complexity index is 755. The summed E-state index contributed by atoms with van der Waals surface area (Å²) in [6, 6.07) is 5.91. The number of aliphatic hydroxyl groups is 1. The summed E-state index contributed by atoms with van der Waals surface area (Å²) in [5, 5.41) is 19.0. The number of ether oxygens (including phenoxy) is 1. The van der Waals surface area contributed by atoms with Gasteiger partial charge in [0.05, 0.1) is 25.0 Å². The first kappa shape index (κ1) is 16.0. The van der Waals surface area contributed by atoms with E-state index in [4.69, 9.17) is 9.84 Å². The van der Waals surface area contributed by atoms with Crippen molar-refractivity contribution in [3.05, 3.63) is 48.0 Å². The minimum absolute atomic E-state index is 0.154. The van der Waals surface area contributed by atoms with Gasteiger partial charge in [0.2, 0.25) is 0 Å². The molecule has 1 fully saturated rings. The molecule has 2 aromatic rings. The Hall–Kier alpha value is -2.87. The summed E-state index contributed by atoms with van der Waals surface area (Å²) >= 11 is 0. The number of aryl methyl sites for hydroxylation is 1. The summed E-state index contributed by atoms with van der Waals surface area (Å²) in [6.45, 7) is 0.393. The minimum Gasteiger partial charge on any atom is -0.486 e. The Labute approximate surface area is 137 Å². The number of carbonyl (C=O) groups is 2. The van der Waals surface area contributed by atoms with Crippen LogP contribution in [0.5, 0.6) is 5.75 Å². The second-order valence-electron chi connectivity index (χ2n) is 5.69. The maximum atomic E-state index is 12.3. The Morgan fingerprint density at radius 2 is 1.96 bits per heavy atom. The van der Waals surface area contributed by atoms with Gasteiger partial charge in [0.15, 0.2) is 0 Å². The number of nitrogens with zero attached hydrogens (tertiary/aromatic N) is 3. The molecule has 2 atom stereocenters. The number of likely N-dealkylation sites (tertiary alicyclic amines) is 1. The quantitative estimate of drug-likeness (QED) is 0.839. The number of carboxylic acids is 1. The van der Waals surface area contributed by atoms with Crippen molar-refractivity contribution in [1.82, 2.24) is 14.5 Å². The molecule has 1 aromatic heterocycles. The molecule has 2 N–H and O–H groups in total. The zero-order valence-corrected chi connectivity index (χ0v) is 13.0. The normalized spacial score (nSPS) is 20.2. The van der Waals surface area contributed by atoms with Crippen molar-refractivity contribution < 1.29 is 24.5 Å². The molecule has 8 heteroatoms. The van der Waals surface area contributed by atoms with Gasteiger partial charge in [-0.1, -0.05) is 0 Å². The highest BCUT2D eigenvalue weighted by Crippen LogP contribution is 2.20. The van der Waals surface area contributed by atoms with Crippen molar-refractivity contribution in [2.75, 3.05) is 13.1 Å². The topological polar surface area (TPSA) is 105 Å². The number of carbonyl (C=O) groups excluding carboxylic acids is 1. The number of aromatic carboxylic acids is 1. The number of imidazole rings is 1. The fourth-order valence-corrected chi connectivity index (χ4v) is 2.57. The van der Waals surface area contributed by atoms with Crippen molar-refractivity contribution in [3.63, 3.8) is 0 Å². The summed E-state index contributed by atoms with van der Waals surface area (Å²) in [7, 11) is 1.77. The molecular formula is C16H17N3O5. The van der Waals surface area contributed by atoms with Gasteiger partial charge in [-0.2, -0.15) is 0 Å². The lowest BCUT2D eigenvalue weighted by Gasteiger charge is -2.16. The Morgan fingerprint density at radius 1 is 1.25 bits per heavy atom. The van der Waals surface area contributed by atoms with Crippen molar-refractivity contribution in [2.45, 2.75) is 12.2 Å². The number of carboxylic acid groups (broad SMARTS) is 1. The maximum Gasteiger partial charge on any atom is 0.335 e. The van der Waals surface area contributed by atoms with E-state index in [-0.39, 0.29) is 24.6 Å². The third kappa shape index (κ3) is 3.23. The molecule has 1 aromatic carbocycles. The van der Waals surface area contributed by atoms with Crippen LogP contribution in [-0.4, -0.2) is 61.8 Å². The van der Waals surface area contributed by atoms with E-state index in [2.05, 4.69) is 4.98 Å². The predicted molar refractivity (Wildman–Crippen MR) is 82.9 cm³/mol. The van der Waals surface area contributed by atoms with Gasteiger partial charge in [0, 0.05) is 13.2 Å². The number of β-amino-alcohol motifs (C(OH)–C–C–N with tert-alkyl or cyclic N) is 1. The van der Waals surface area contributed by atoms with E-state index in [1.165, 1.54) is 35.5 Å². The Balaban J connectivity index is 1.65. The van der Waals surface area contributed by atoms with Crippen molar-refractivity contribution >= 4 is 11.9 Å². The van der Waals surface area contributed by atoms with E-state index >= 15 is 0 Å². The van der Waals surface area contributed by atoms with E-state index < -0.39 is 18.2 Å². The first-order valence-electron chi connectivity index (χ1n) is 7.39. The summed E-state index contributed by atoms with van der Waals surface area (Å²) in [5.74, 6) is -0.840. The SMILES string of the molecule is Cn1cnc(C(=O)N2C[C@@H](O)[C@H](Oc3ccc(C(=O)O)cc3)C2)c1. The highest BCUT2D eigenvalue weighted by atomic mass is 16.5. The Morgan fingerprint density at radius 3 is 2.54 bits per heavy atom. The van der Waals surface area contributed by atoms with Gasteiger partial charge in [0.25, 0.3) is 5.91 Å². The zero-order chi connectivity index (χ0) is 17.3. The van der Waals surface area contributed by atoms with E-state index in [0.29, 0.717) is 11.4 Å². The van der Waals surface area contributed by atoms with Crippen LogP contribution in [0.4, 0.5) is 0 Å². The van der Waals surface area contributed by atoms with E-state index in [1.807, 2.05) is 0 Å². The molecule has 126 valence electrons. The molecule has 0 unspecified atom stereocenters. The van der Waals surface area contributed by atoms with Crippen LogP contribution in [0.2, 0.25) is 0 Å². The van der Waals surface area contributed by atoms with E-state index in [1.54, 1.807) is 17.8 Å². The smallest absolute Gasteiger partial charge is 0.335 e. The first-order chi connectivity index (χ1) is 11.4. The van der Waals surface area contributed by atoms with Gasteiger partial charge in [-0.3, -0.25) is 4.79 Å². The van der Waals surface area contributed by atoms with Crippen molar-refractivity contribution in [1.29, 1.82) is 0 Å². The van der Waals surface area contributed by atoms with Crippen LogP contribution in [0, 0.1) is 0 Å². The monoisotopic (exact) mass is 331 g/mol. The van der Waals surface area contributed by atoms with Crippen molar-refractivity contribution in [3.8, 4) is 5.75 Å². The molecule has 1 amide bonds. The molecular weight excluding hydrogens is 314 g/mol. The van der Waals surface area contributed by atoms with Crippen LogP contribution in [0.15, 0.2) is 36.8 Å². The molecule has 1 aliphatic rings. The number of amides is 1. The van der Waals surface area contributed by atoms with Crippen LogP contribution < -0.4 is 4.74 Å². The van der Waals surface area contributed by atoms with Crippen LogP contribution in [0.3, 0.4) is 0 Å². The van der Waals surface area contributed by atoms with Gasteiger partial charge < -0.3 is 24.4 Å². The number of hydrogen-bond donors (Lipinski definition) is 2. The lowest BCUT2D eigenvalue weighted by atomic mass is 10.2. The van der Waals surface area contributed by atoms with Crippen molar-refractivity contribution in [2.24, 2.45) is 7.05 Å². The number of hydrogen-bond acceptors (Lipinski definition) is 5. The van der Waals surface area contributed by atoms with Gasteiger partial charge in [-0.05, 0) is 24.3 Å². The highest BCUT2D eigenvalue weighted by Gasteiger charge is 2.36. The van der Waals surface area contributed by atoms with Crippen LogP contribution >= 0.6 is 0 Å². The summed E-state index contributed by atoms with van der Waals surface area (Å²) in [4.78, 5) is 28.7. The molecule has 0 spiro atoms. The second-order valence-corrected chi connectivity index (χ2v) is 5.69. The molecule has 0 radical (unpaired) electrons. The van der Waals surface area contributed by atoms with E-state index in [9.17, 15) is 14.7 Å². The maximum absolute atomic E-state index is 12.3. The molecule has 0 bridgehead atoms. The van der Waals surface area contributed by atoms with Gasteiger partial charge >= 0.3 is 5.97 Å². The lowest BCUT2D eigenvalue weighted by Crippen LogP contribution is -2.31. The van der Waals surface area contributed by atoms with Gasteiger partial charge in [-0.25, -0.2) is 9.78 Å². The third-order valence-electron chi connectivity index (χ3n) is 3.84. The predicted octanol–water partition coefficient (Wildman–Crippen LogP) is 0.383. The fraction of sp³-hybridized carbons (Fsp3) is 0.312. The highest BCUT2D eigenvalue weighted by molar-refractivity contribution is 5.92. The van der Waals surface area contributed by atoms with Crippen LogP contribution in [0.25, 0.3) is 0 Å². The Kier molecular flexibility index (Phi) is 4.22. The van der Waals surface area contributed by atoms with Gasteiger partial charge in [0.1, 0.15) is 23.7 Å². The number of benzene rings is 1. The number of aromatic nitrogens is 2. The van der Waals surface area contributed by atoms with Gasteiger partial charge in [-0.15, -0.1) is 0 Å². The van der Waals surface area contributed by atoms with E-state index in [0.717, 1.165) is 0 Å². The standard InChI is InChI=1S/C16H17N3O5/c1-18-6-12(17-9-18)15(21)19-7-13(20)14(8-19)24-11-4-2-10(3-5-11)16(22)23/h2-6,9,13-14,20H,7-8H2,1H3,(H,22,23)/t13-,14-/m1/s1. The second kappa shape index (κ2) is 6.32. The lowest BCUT2D eigenvalue weighted by molar-refractivity contribution is 0.0693. The summed E-state index contributed by atoms with van der Waals surface area (Å²) in [6.07, 6.45) is 1.76. The fourth-order valence-electron chi connectivity index (χ4n) is 2.57. The minimum atomic E-state index is -1.02. The average molecular weight is 331 g/mol. The molecule has 2 heterocycles. The van der Waals surface area contributed by atoms with Crippen LogP contribution in [0.1, 0.15) is 20.8 Å². The molecule has 3 rings (SSSR count). The third-order valence-corrected chi connectivity index (χ3v) is 3.84. The van der Waals surface area contributed by atoms with Crippen LogP contribution in [-0.2, 0) is 7.05 Å². The molecule has 0 saturated carbocycles. The molecule has 1 saturated heterocycles. The molecule has 1 aliphatic heterocycles. The molecule has 24 heavy (non-hydrogen) atoms. The first-order valence-corrected chi connectivity index (χ1v) is 7.39.